The lowest BCUT2D eigenvalue weighted by atomic mass is 10.4. The van der Waals surface area contributed by atoms with E-state index in [9.17, 15) is 4.79 Å². The van der Waals surface area contributed by atoms with E-state index in [4.69, 9.17) is 23.2 Å². The van der Waals surface area contributed by atoms with Gasteiger partial charge in [-0.25, -0.2) is 9.97 Å². The second-order valence-electron chi connectivity index (χ2n) is 4.46. The molecule has 1 aliphatic carbocycles. The van der Waals surface area contributed by atoms with Crippen molar-refractivity contribution in [2.24, 2.45) is 0 Å². The van der Waals surface area contributed by atoms with E-state index in [1.54, 1.807) is 6.07 Å². The average molecular weight is 376 g/mol. The number of carbonyl (C=O) groups excluding carboxylic acids is 1. The molecule has 0 aromatic carbocycles. The number of carbonyl (C=O) groups is 1. The maximum atomic E-state index is 12.3. The minimum absolute atomic E-state index is 0.107. The van der Waals surface area contributed by atoms with E-state index in [0.717, 1.165) is 17.3 Å². The molecule has 3 rings (SSSR count). The molecule has 2 heterocycles. The van der Waals surface area contributed by atoms with Crippen molar-refractivity contribution in [3.63, 3.8) is 0 Å². The number of amides is 1. The van der Waals surface area contributed by atoms with Gasteiger partial charge in [-0.2, -0.15) is 0 Å². The van der Waals surface area contributed by atoms with Crippen LogP contribution >= 0.6 is 39.1 Å². The molecule has 1 N–H and O–H groups in total. The third-order valence-electron chi connectivity index (χ3n) is 2.97. The molecule has 0 radical (unpaired) electrons. The van der Waals surface area contributed by atoms with Crippen LogP contribution in [0.1, 0.15) is 29.4 Å². The summed E-state index contributed by atoms with van der Waals surface area (Å²) in [4.78, 5) is 20.0. The van der Waals surface area contributed by atoms with Crippen molar-refractivity contribution in [3.05, 3.63) is 38.9 Å². The van der Waals surface area contributed by atoms with Gasteiger partial charge in [0.25, 0.3) is 5.91 Å². The first-order valence-corrected chi connectivity index (χ1v) is 7.46. The molecular weight excluding hydrogens is 367 g/mol. The SMILES string of the molecule is O=C(Nc1ncnc(Cl)c1Cl)c1cc(Br)cn1C1CC1. The van der Waals surface area contributed by atoms with Crippen molar-refractivity contribution in [3.8, 4) is 0 Å². The summed E-state index contributed by atoms with van der Waals surface area (Å²) in [5, 5.41) is 2.89. The summed E-state index contributed by atoms with van der Waals surface area (Å²) in [6.45, 7) is 0. The van der Waals surface area contributed by atoms with Gasteiger partial charge in [0, 0.05) is 16.7 Å². The van der Waals surface area contributed by atoms with Gasteiger partial charge < -0.3 is 9.88 Å². The quantitative estimate of drug-likeness (QED) is 0.826. The first kappa shape index (κ1) is 13.9. The number of hydrogen-bond acceptors (Lipinski definition) is 3. The van der Waals surface area contributed by atoms with Crippen molar-refractivity contribution < 1.29 is 4.79 Å². The molecular formula is C12H9BrCl2N4O. The molecule has 2 aromatic rings. The predicted molar refractivity (Wildman–Crippen MR) is 80.4 cm³/mol. The third-order valence-corrected chi connectivity index (χ3v) is 4.14. The Hall–Kier alpha value is -1.11. The maximum absolute atomic E-state index is 12.3. The van der Waals surface area contributed by atoms with Gasteiger partial charge >= 0.3 is 0 Å². The van der Waals surface area contributed by atoms with E-state index < -0.39 is 0 Å². The van der Waals surface area contributed by atoms with Crippen molar-refractivity contribution in [1.29, 1.82) is 0 Å². The Balaban J connectivity index is 1.88. The lowest BCUT2D eigenvalue weighted by molar-refractivity contribution is 0.101. The molecule has 8 heteroatoms. The van der Waals surface area contributed by atoms with Gasteiger partial charge in [-0.3, -0.25) is 4.79 Å². The van der Waals surface area contributed by atoms with Gasteiger partial charge in [-0.15, -0.1) is 0 Å². The van der Waals surface area contributed by atoms with E-state index in [1.807, 2.05) is 10.8 Å². The first-order chi connectivity index (χ1) is 9.56. The second-order valence-corrected chi connectivity index (χ2v) is 6.11. The fraction of sp³-hybridized carbons (Fsp3) is 0.250. The first-order valence-electron chi connectivity index (χ1n) is 5.91. The van der Waals surface area contributed by atoms with Gasteiger partial charge in [0.15, 0.2) is 11.0 Å². The number of aromatic nitrogens is 3. The molecule has 2 aromatic heterocycles. The third kappa shape index (κ3) is 2.68. The highest BCUT2D eigenvalue weighted by molar-refractivity contribution is 9.10. The van der Waals surface area contributed by atoms with Crippen LogP contribution in [0.4, 0.5) is 5.82 Å². The standard InChI is InChI=1S/C12H9BrCl2N4O/c13-6-3-8(19(4-6)7-1-2-7)12(20)18-11-9(14)10(15)16-5-17-11/h3-5,7H,1-2H2,(H,16,17,18,20). The van der Waals surface area contributed by atoms with E-state index >= 15 is 0 Å². The normalized spacial score (nSPS) is 14.3. The largest absolute Gasteiger partial charge is 0.339 e. The van der Waals surface area contributed by atoms with Gasteiger partial charge in [-0.05, 0) is 34.8 Å². The zero-order chi connectivity index (χ0) is 14.3. The number of halogens is 3. The molecule has 1 aliphatic rings. The summed E-state index contributed by atoms with van der Waals surface area (Å²) in [7, 11) is 0. The van der Waals surface area contributed by atoms with Crippen molar-refractivity contribution in [1.82, 2.24) is 14.5 Å². The molecule has 1 amide bonds. The zero-order valence-electron chi connectivity index (χ0n) is 10.1. The molecule has 0 aliphatic heterocycles. The summed E-state index contributed by atoms with van der Waals surface area (Å²) in [5.41, 5.74) is 0.560. The molecule has 0 saturated heterocycles. The highest BCUT2D eigenvalue weighted by Crippen LogP contribution is 2.37. The minimum Gasteiger partial charge on any atom is -0.339 e. The summed E-state index contributed by atoms with van der Waals surface area (Å²) in [6.07, 6.45) is 5.32. The minimum atomic E-state index is -0.278. The molecule has 0 bridgehead atoms. The van der Waals surface area contributed by atoms with Crippen LogP contribution in [0.5, 0.6) is 0 Å². The second kappa shape index (κ2) is 5.35. The van der Waals surface area contributed by atoms with Crippen LogP contribution in [0.3, 0.4) is 0 Å². The smallest absolute Gasteiger partial charge is 0.273 e. The van der Waals surface area contributed by atoms with Crippen molar-refractivity contribution >= 4 is 50.9 Å². The monoisotopic (exact) mass is 374 g/mol. The number of anilines is 1. The Kier molecular flexibility index (Phi) is 3.70. The fourth-order valence-corrected chi connectivity index (χ4v) is 2.60. The molecule has 0 unspecified atom stereocenters. The van der Waals surface area contributed by atoms with Crippen LogP contribution in [0, 0.1) is 0 Å². The summed E-state index contributed by atoms with van der Waals surface area (Å²) in [6, 6.07) is 2.16. The number of hydrogen-bond donors (Lipinski definition) is 1. The van der Waals surface area contributed by atoms with Gasteiger partial charge in [0.05, 0.1) is 0 Å². The van der Waals surface area contributed by atoms with E-state index in [0.29, 0.717) is 11.7 Å². The summed E-state index contributed by atoms with van der Waals surface area (Å²) >= 11 is 15.1. The lowest BCUT2D eigenvalue weighted by Gasteiger charge is -2.09. The van der Waals surface area contributed by atoms with E-state index in [-0.39, 0.29) is 21.9 Å². The van der Waals surface area contributed by atoms with Crippen molar-refractivity contribution in [2.45, 2.75) is 18.9 Å². The van der Waals surface area contributed by atoms with Crippen LogP contribution in [0.2, 0.25) is 10.2 Å². The van der Waals surface area contributed by atoms with Crippen LogP contribution in [0.15, 0.2) is 23.1 Å². The number of rotatable bonds is 3. The van der Waals surface area contributed by atoms with Crippen LogP contribution in [0.25, 0.3) is 0 Å². The number of nitrogens with one attached hydrogen (secondary N) is 1. The Labute approximate surface area is 133 Å². The highest BCUT2D eigenvalue weighted by Gasteiger charge is 2.28. The Morgan fingerprint density at radius 3 is 2.85 bits per heavy atom. The fourth-order valence-electron chi connectivity index (χ4n) is 1.89. The van der Waals surface area contributed by atoms with E-state index in [2.05, 4.69) is 31.2 Å². The topological polar surface area (TPSA) is 59.8 Å². The Morgan fingerprint density at radius 2 is 2.15 bits per heavy atom. The van der Waals surface area contributed by atoms with Crippen LogP contribution in [-0.4, -0.2) is 20.4 Å². The average Bonchev–Trinajstić information content (AvgIpc) is 3.18. The summed E-state index contributed by atoms with van der Waals surface area (Å²) in [5.74, 6) is -0.0735. The summed E-state index contributed by atoms with van der Waals surface area (Å²) < 4.78 is 2.82. The maximum Gasteiger partial charge on any atom is 0.273 e. The predicted octanol–water partition coefficient (Wildman–Crippen LogP) is 3.93. The highest BCUT2D eigenvalue weighted by atomic mass is 79.9. The molecule has 1 saturated carbocycles. The lowest BCUT2D eigenvalue weighted by Crippen LogP contribution is -2.17. The molecule has 0 spiro atoms. The van der Waals surface area contributed by atoms with E-state index in [1.165, 1.54) is 6.33 Å². The van der Waals surface area contributed by atoms with Crippen LogP contribution < -0.4 is 5.32 Å². The van der Waals surface area contributed by atoms with Gasteiger partial charge in [0.1, 0.15) is 17.0 Å². The van der Waals surface area contributed by atoms with Crippen molar-refractivity contribution in [2.75, 3.05) is 5.32 Å². The molecule has 104 valence electrons. The molecule has 0 atom stereocenters. The van der Waals surface area contributed by atoms with Crippen LogP contribution in [-0.2, 0) is 0 Å². The number of nitrogens with zero attached hydrogens (tertiary/aromatic N) is 3. The zero-order valence-corrected chi connectivity index (χ0v) is 13.2. The molecule has 5 nitrogen and oxygen atoms in total. The van der Waals surface area contributed by atoms with Gasteiger partial charge in [-0.1, -0.05) is 23.2 Å². The molecule has 1 fully saturated rings. The van der Waals surface area contributed by atoms with Gasteiger partial charge in [0.2, 0.25) is 0 Å². The molecule has 20 heavy (non-hydrogen) atoms. The Morgan fingerprint density at radius 1 is 1.40 bits per heavy atom. The Bertz CT molecular complexity index is 684.